The maximum absolute atomic E-state index is 13.8. The van der Waals surface area contributed by atoms with Crippen LogP contribution in [0.2, 0.25) is 0 Å². The number of Topliss-reactive ketones (excluding diaryl/α,β-unsaturated/α-hetero) is 1. The Balaban J connectivity index is 2.18. The number of rotatable bonds is 8. The fourth-order valence-electron chi connectivity index (χ4n) is 4.64. The van der Waals surface area contributed by atoms with Crippen LogP contribution in [0.5, 0.6) is 5.75 Å². The van der Waals surface area contributed by atoms with E-state index in [1.54, 1.807) is 6.92 Å². The van der Waals surface area contributed by atoms with Crippen molar-refractivity contribution in [2.24, 2.45) is 11.8 Å². The van der Waals surface area contributed by atoms with Gasteiger partial charge >= 0.3 is 11.9 Å². The number of para-hydroxylation sites is 1. The lowest BCUT2D eigenvalue weighted by Crippen LogP contribution is -2.43. The van der Waals surface area contributed by atoms with Crippen molar-refractivity contribution in [2.45, 2.75) is 46.1 Å². The third-order valence-corrected chi connectivity index (χ3v) is 6.08. The molecule has 3 rings (SSSR count). The van der Waals surface area contributed by atoms with Crippen molar-refractivity contribution in [2.75, 3.05) is 27.4 Å². The van der Waals surface area contributed by atoms with Gasteiger partial charge in [0.2, 0.25) is 0 Å². The van der Waals surface area contributed by atoms with Crippen LogP contribution in [-0.4, -0.2) is 51.3 Å². The summed E-state index contributed by atoms with van der Waals surface area (Å²) in [7, 11) is 2.80. The molecule has 1 aromatic carbocycles. The molecule has 184 valence electrons. The van der Waals surface area contributed by atoms with Crippen molar-refractivity contribution in [3.05, 3.63) is 52.4 Å². The lowest BCUT2D eigenvalue weighted by atomic mass is 9.69. The monoisotopic (exact) mass is 471 g/mol. The van der Waals surface area contributed by atoms with Gasteiger partial charge in [-0.25, -0.2) is 4.79 Å². The average molecular weight is 472 g/mol. The van der Waals surface area contributed by atoms with Crippen LogP contribution in [0.25, 0.3) is 0 Å². The summed E-state index contributed by atoms with van der Waals surface area (Å²) in [5.41, 5.74) is 2.64. The Kier molecular flexibility index (Phi) is 8.15. The summed E-state index contributed by atoms with van der Waals surface area (Å²) in [4.78, 5) is 39.6. The highest BCUT2D eigenvalue weighted by molar-refractivity contribution is 6.12. The number of ketones is 1. The van der Waals surface area contributed by atoms with Gasteiger partial charge in [0.15, 0.2) is 5.78 Å². The fraction of sp³-hybridized carbons (Fsp3) is 0.500. The molecule has 3 atom stereocenters. The molecule has 0 amide bonds. The first kappa shape index (κ1) is 25.5. The molecule has 1 N–H and O–H groups in total. The maximum Gasteiger partial charge on any atom is 0.336 e. The standard InChI is InChI=1S/C26H33NO7/c1-14(2)34-19-10-8-7-9-17(19)22-21(26(30)33-12-11-31-5)16(4)27-18-13-15(3)20(25(29)32-6)24(28)23(18)22/h7-10,14-15,20,22,27H,11-13H2,1-6H3/t15-,20+,22-/m1/s1. The minimum atomic E-state index is -0.949. The van der Waals surface area contributed by atoms with Gasteiger partial charge in [0, 0.05) is 29.6 Å². The van der Waals surface area contributed by atoms with Crippen molar-refractivity contribution >= 4 is 17.7 Å². The van der Waals surface area contributed by atoms with Crippen LogP contribution in [0.1, 0.15) is 45.6 Å². The summed E-state index contributed by atoms with van der Waals surface area (Å²) in [5.74, 6) is -2.88. The molecular formula is C26H33NO7. The van der Waals surface area contributed by atoms with Crippen LogP contribution in [-0.2, 0) is 28.6 Å². The summed E-state index contributed by atoms with van der Waals surface area (Å²) in [6, 6.07) is 7.33. The van der Waals surface area contributed by atoms with Gasteiger partial charge in [-0.3, -0.25) is 9.59 Å². The minimum absolute atomic E-state index is 0.0741. The van der Waals surface area contributed by atoms with E-state index in [0.29, 0.717) is 40.3 Å². The summed E-state index contributed by atoms with van der Waals surface area (Å²) in [6.45, 7) is 7.78. The topological polar surface area (TPSA) is 100 Å². The second-order valence-electron chi connectivity index (χ2n) is 8.87. The second-order valence-corrected chi connectivity index (χ2v) is 8.87. The molecule has 0 saturated heterocycles. The highest BCUT2D eigenvalue weighted by Crippen LogP contribution is 2.47. The number of carbonyl (C=O) groups is 3. The molecule has 1 heterocycles. The van der Waals surface area contributed by atoms with E-state index in [1.165, 1.54) is 14.2 Å². The Bertz CT molecular complexity index is 1020. The predicted molar refractivity (Wildman–Crippen MR) is 125 cm³/mol. The zero-order valence-electron chi connectivity index (χ0n) is 20.6. The highest BCUT2D eigenvalue weighted by atomic mass is 16.6. The van der Waals surface area contributed by atoms with Gasteiger partial charge in [-0.1, -0.05) is 25.1 Å². The van der Waals surface area contributed by atoms with Crippen LogP contribution in [0.15, 0.2) is 46.8 Å². The molecule has 1 aliphatic carbocycles. The van der Waals surface area contributed by atoms with Crippen LogP contribution < -0.4 is 10.1 Å². The Morgan fingerprint density at radius 2 is 1.85 bits per heavy atom. The van der Waals surface area contributed by atoms with Crippen LogP contribution in [0.4, 0.5) is 0 Å². The normalized spacial score (nSPS) is 22.3. The largest absolute Gasteiger partial charge is 0.491 e. The smallest absolute Gasteiger partial charge is 0.336 e. The van der Waals surface area contributed by atoms with Crippen molar-refractivity contribution < 1.29 is 33.3 Å². The second kappa shape index (κ2) is 10.9. The van der Waals surface area contributed by atoms with E-state index in [9.17, 15) is 14.4 Å². The first-order chi connectivity index (χ1) is 16.2. The molecule has 0 unspecified atom stereocenters. The van der Waals surface area contributed by atoms with Gasteiger partial charge in [-0.15, -0.1) is 0 Å². The van der Waals surface area contributed by atoms with Gasteiger partial charge in [-0.2, -0.15) is 0 Å². The number of esters is 2. The quantitative estimate of drug-likeness (QED) is 0.350. The van der Waals surface area contributed by atoms with E-state index in [1.807, 2.05) is 45.0 Å². The van der Waals surface area contributed by atoms with Gasteiger partial charge in [0.25, 0.3) is 0 Å². The van der Waals surface area contributed by atoms with Crippen molar-refractivity contribution in [3.8, 4) is 5.75 Å². The molecule has 0 fully saturated rings. The number of ether oxygens (including phenoxy) is 4. The number of methoxy groups -OCH3 is 2. The molecule has 8 heteroatoms. The molecule has 0 radical (unpaired) electrons. The Labute approximate surface area is 200 Å². The van der Waals surface area contributed by atoms with Crippen LogP contribution in [0.3, 0.4) is 0 Å². The lowest BCUT2D eigenvalue weighted by Gasteiger charge is -2.38. The molecule has 1 aromatic rings. The summed E-state index contributed by atoms with van der Waals surface area (Å²) in [5, 5.41) is 3.25. The number of benzene rings is 1. The number of allylic oxidation sites excluding steroid dienone is 3. The van der Waals surface area contributed by atoms with Gasteiger partial charge in [0.1, 0.15) is 18.3 Å². The summed E-state index contributed by atoms with van der Waals surface area (Å²) < 4.78 is 21.5. The average Bonchev–Trinajstić information content (AvgIpc) is 2.78. The Morgan fingerprint density at radius 1 is 1.15 bits per heavy atom. The molecule has 0 bridgehead atoms. The van der Waals surface area contributed by atoms with Crippen LogP contribution in [0, 0.1) is 11.8 Å². The minimum Gasteiger partial charge on any atom is -0.491 e. The maximum atomic E-state index is 13.8. The molecule has 2 aliphatic rings. The Morgan fingerprint density at radius 3 is 2.50 bits per heavy atom. The molecule has 0 spiro atoms. The third-order valence-electron chi connectivity index (χ3n) is 6.08. The molecular weight excluding hydrogens is 438 g/mol. The molecule has 0 aromatic heterocycles. The fourth-order valence-corrected chi connectivity index (χ4v) is 4.64. The molecule has 0 saturated carbocycles. The third kappa shape index (κ3) is 5.01. The number of nitrogens with one attached hydrogen (secondary N) is 1. The summed E-state index contributed by atoms with van der Waals surface area (Å²) in [6.07, 6.45) is 0.344. The van der Waals surface area contributed by atoms with E-state index in [4.69, 9.17) is 18.9 Å². The molecule has 8 nitrogen and oxygen atoms in total. The lowest BCUT2D eigenvalue weighted by molar-refractivity contribution is -0.151. The van der Waals surface area contributed by atoms with Crippen molar-refractivity contribution in [3.63, 3.8) is 0 Å². The van der Waals surface area contributed by atoms with E-state index < -0.39 is 23.8 Å². The predicted octanol–water partition coefficient (Wildman–Crippen LogP) is 3.28. The first-order valence-electron chi connectivity index (χ1n) is 11.5. The number of hydrogen-bond donors (Lipinski definition) is 1. The number of hydrogen-bond acceptors (Lipinski definition) is 8. The summed E-state index contributed by atoms with van der Waals surface area (Å²) >= 11 is 0. The number of dihydropyridines is 1. The van der Waals surface area contributed by atoms with Crippen LogP contribution >= 0.6 is 0 Å². The zero-order valence-corrected chi connectivity index (χ0v) is 20.6. The van der Waals surface area contributed by atoms with Gasteiger partial charge in [-0.05, 0) is 39.2 Å². The van der Waals surface area contributed by atoms with Gasteiger partial charge in [0.05, 0.1) is 31.3 Å². The zero-order chi connectivity index (χ0) is 25.0. The van der Waals surface area contributed by atoms with Gasteiger partial charge < -0.3 is 24.3 Å². The van der Waals surface area contributed by atoms with E-state index in [2.05, 4.69) is 5.32 Å². The highest BCUT2D eigenvalue weighted by Gasteiger charge is 2.47. The Hall–Kier alpha value is -3.13. The van der Waals surface area contributed by atoms with Crippen molar-refractivity contribution in [1.29, 1.82) is 0 Å². The SMILES string of the molecule is COCCOC(=O)C1=C(C)NC2=C(C(=O)[C@@H](C(=O)OC)[C@H](C)C2)[C@@H]1c1ccccc1OC(C)C. The first-order valence-corrected chi connectivity index (χ1v) is 11.5. The van der Waals surface area contributed by atoms with Crippen molar-refractivity contribution in [1.82, 2.24) is 5.32 Å². The number of carbonyl (C=O) groups excluding carboxylic acids is 3. The van der Waals surface area contributed by atoms with E-state index in [-0.39, 0.29) is 31.0 Å². The van der Waals surface area contributed by atoms with E-state index in [0.717, 1.165) is 0 Å². The molecule has 1 aliphatic heterocycles. The molecule has 34 heavy (non-hydrogen) atoms. The van der Waals surface area contributed by atoms with E-state index >= 15 is 0 Å².